The molecule has 2 heterocycles. The molecule has 0 saturated heterocycles. The van der Waals surface area contributed by atoms with Gasteiger partial charge in [-0.3, -0.25) is 9.78 Å². The van der Waals surface area contributed by atoms with Crippen molar-refractivity contribution in [3.63, 3.8) is 0 Å². The first kappa shape index (κ1) is 13.9. The quantitative estimate of drug-likeness (QED) is 0.900. The molecule has 6 nitrogen and oxygen atoms in total. The lowest BCUT2D eigenvalue weighted by Crippen LogP contribution is -2.23. The first-order chi connectivity index (χ1) is 9.74. The van der Waals surface area contributed by atoms with Gasteiger partial charge >= 0.3 is 0 Å². The summed E-state index contributed by atoms with van der Waals surface area (Å²) >= 11 is 0. The van der Waals surface area contributed by atoms with Crippen molar-refractivity contribution in [3.05, 3.63) is 42.2 Å². The Morgan fingerprint density at radius 3 is 2.55 bits per heavy atom. The van der Waals surface area contributed by atoms with Crippen molar-refractivity contribution in [3.8, 4) is 0 Å². The Bertz CT molecular complexity index is 552. The van der Waals surface area contributed by atoms with Crippen LogP contribution < -0.4 is 10.2 Å². The molecule has 1 amide bonds. The maximum atomic E-state index is 11.9. The van der Waals surface area contributed by atoms with Crippen LogP contribution in [0.15, 0.2) is 36.7 Å². The second-order valence-corrected chi connectivity index (χ2v) is 4.14. The van der Waals surface area contributed by atoms with Gasteiger partial charge in [-0.15, -0.1) is 10.2 Å². The molecule has 0 radical (unpaired) electrons. The molecule has 0 spiro atoms. The van der Waals surface area contributed by atoms with Crippen LogP contribution >= 0.6 is 0 Å². The highest BCUT2D eigenvalue weighted by Gasteiger charge is 2.08. The van der Waals surface area contributed by atoms with Gasteiger partial charge in [-0.1, -0.05) is 0 Å². The second-order valence-electron chi connectivity index (χ2n) is 4.14. The van der Waals surface area contributed by atoms with Crippen LogP contribution in [-0.4, -0.2) is 34.2 Å². The smallest absolute Gasteiger partial charge is 0.258 e. The van der Waals surface area contributed by atoms with E-state index in [4.69, 9.17) is 0 Å². The summed E-state index contributed by atoms with van der Waals surface area (Å²) in [6.07, 6.45) is 3.13. The van der Waals surface area contributed by atoms with Gasteiger partial charge in [0.05, 0.1) is 5.56 Å². The lowest BCUT2D eigenvalue weighted by molar-refractivity contribution is 0.102. The lowest BCUT2D eigenvalue weighted by atomic mass is 10.3. The van der Waals surface area contributed by atoms with Gasteiger partial charge in [0, 0.05) is 25.5 Å². The molecule has 20 heavy (non-hydrogen) atoms. The predicted molar refractivity (Wildman–Crippen MR) is 77.8 cm³/mol. The molecule has 0 bridgehead atoms. The third kappa shape index (κ3) is 3.28. The number of carbonyl (C=O) groups is 1. The number of nitrogens with zero attached hydrogens (tertiary/aromatic N) is 4. The van der Waals surface area contributed by atoms with Crippen molar-refractivity contribution in [1.29, 1.82) is 0 Å². The summed E-state index contributed by atoms with van der Waals surface area (Å²) in [7, 11) is 0. The van der Waals surface area contributed by atoms with E-state index in [9.17, 15) is 4.79 Å². The Kier molecular flexibility index (Phi) is 4.60. The highest BCUT2D eigenvalue weighted by molar-refractivity contribution is 6.03. The highest BCUT2D eigenvalue weighted by Crippen LogP contribution is 2.11. The van der Waals surface area contributed by atoms with Gasteiger partial charge in [0.25, 0.3) is 5.91 Å². The molecule has 0 aliphatic heterocycles. The first-order valence-corrected chi connectivity index (χ1v) is 6.54. The number of amides is 1. The van der Waals surface area contributed by atoms with Gasteiger partial charge in [0.1, 0.15) is 0 Å². The number of nitrogens with one attached hydrogen (secondary N) is 1. The van der Waals surface area contributed by atoms with Crippen molar-refractivity contribution in [2.24, 2.45) is 0 Å². The van der Waals surface area contributed by atoms with Crippen LogP contribution in [0, 0.1) is 0 Å². The largest absolute Gasteiger partial charge is 0.356 e. The zero-order valence-corrected chi connectivity index (χ0v) is 11.6. The number of hydrogen-bond donors (Lipinski definition) is 1. The highest BCUT2D eigenvalue weighted by atomic mass is 16.1. The van der Waals surface area contributed by atoms with Gasteiger partial charge in [-0.05, 0) is 38.1 Å². The van der Waals surface area contributed by atoms with Crippen LogP contribution in [0.25, 0.3) is 0 Å². The van der Waals surface area contributed by atoms with Crippen LogP contribution in [0.3, 0.4) is 0 Å². The van der Waals surface area contributed by atoms with Crippen LogP contribution in [0.2, 0.25) is 0 Å². The van der Waals surface area contributed by atoms with E-state index >= 15 is 0 Å². The van der Waals surface area contributed by atoms with Gasteiger partial charge in [-0.25, -0.2) is 0 Å². The molecule has 2 rings (SSSR count). The maximum Gasteiger partial charge on any atom is 0.258 e. The van der Waals surface area contributed by atoms with Crippen LogP contribution in [-0.2, 0) is 0 Å². The van der Waals surface area contributed by atoms with E-state index in [0.717, 1.165) is 18.9 Å². The summed E-state index contributed by atoms with van der Waals surface area (Å²) in [6.45, 7) is 5.85. The number of hydrogen-bond acceptors (Lipinski definition) is 5. The van der Waals surface area contributed by atoms with Crippen molar-refractivity contribution in [2.45, 2.75) is 13.8 Å². The van der Waals surface area contributed by atoms with Crippen LogP contribution in [0.5, 0.6) is 0 Å². The molecule has 1 N–H and O–H groups in total. The predicted octanol–water partition coefficient (Wildman–Crippen LogP) is 1.97. The van der Waals surface area contributed by atoms with Crippen LogP contribution in [0.4, 0.5) is 11.6 Å². The minimum absolute atomic E-state index is 0.247. The Morgan fingerprint density at radius 2 is 2.00 bits per heavy atom. The van der Waals surface area contributed by atoms with Gasteiger partial charge in [-0.2, -0.15) is 0 Å². The molecule has 0 aliphatic carbocycles. The molecule has 2 aromatic rings. The molecule has 2 aromatic heterocycles. The van der Waals surface area contributed by atoms with E-state index in [1.54, 1.807) is 24.4 Å². The fourth-order valence-corrected chi connectivity index (χ4v) is 1.79. The SMILES string of the molecule is CCN(CC)c1ccc(NC(=O)c2cccnc2)nn1. The molecule has 0 fully saturated rings. The number of pyridine rings is 1. The second kappa shape index (κ2) is 6.60. The van der Waals surface area contributed by atoms with Crippen molar-refractivity contribution < 1.29 is 4.79 Å². The minimum atomic E-state index is -0.247. The summed E-state index contributed by atoms with van der Waals surface area (Å²) in [5.41, 5.74) is 0.488. The van der Waals surface area contributed by atoms with Gasteiger partial charge < -0.3 is 10.2 Å². The van der Waals surface area contributed by atoms with E-state index in [1.165, 1.54) is 6.20 Å². The fourth-order valence-electron chi connectivity index (χ4n) is 1.79. The van der Waals surface area contributed by atoms with E-state index in [1.807, 2.05) is 6.07 Å². The standard InChI is InChI=1S/C14H17N5O/c1-3-19(4-2)13-8-7-12(17-18-13)16-14(20)11-6-5-9-15-10-11/h5-10H,3-4H2,1-2H3,(H,16,17,20). The minimum Gasteiger partial charge on any atom is -0.356 e. The fraction of sp³-hybridized carbons (Fsp3) is 0.286. The molecule has 0 saturated carbocycles. The van der Waals surface area contributed by atoms with E-state index in [0.29, 0.717) is 11.4 Å². The number of rotatable bonds is 5. The summed E-state index contributed by atoms with van der Waals surface area (Å²) in [5, 5.41) is 10.8. The van der Waals surface area contributed by atoms with Gasteiger partial charge in [0.2, 0.25) is 0 Å². The zero-order valence-electron chi connectivity index (χ0n) is 11.6. The van der Waals surface area contributed by atoms with E-state index in [-0.39, 0.29) is 5.91 Å². The number of aromatic nitrogens is 3. The normalized spacial score (nSPS) is 10.1. The molecule has 0 aromatic carbocycles. The molecule has 0 aliphatic rings. The number of carbonyl (C=O) groups excluding carboxylic acids is 1. The molecule has 0 atom stereocenters. The number of anilines is 2. The lowest BCUT2D eigenvalue weighted by Gasteiger charge is -2.18. The zero-order chi connectivity index (χ0) is 14.4. The third-order valence-electron chi connectivity index (χ3n) is 2.90. The molecule has 6 heteroatoms. The van der Waals surface area contributed by atoms with Crippen molar-refractivity contribution >= 4 is 17.5 Å². The van der Waals surface area contributed by atoms with E-state index < -0.39 is 0 Å². The Labute approximate surface area is 117 Å². The maximum absolute atomic E-state index is 11.9. The Balaban J connectivity index is 2.06. The van der Waals surface area contributed by atoms with Gasteiger partial charge in [0.15, 0.2) is 11.6 Å². The van der Waals surface area contributed by atoms with Crippen LogP contribution in [0.1, 0.15) is 24.2 Å². The third-order valence-corrected chi connectivity index (χ3v) is 2.90. The summed E-state index contributed by atoms with van der Waals surface area (Å²) < 4.78 is 0. The molecular weight excluding hydrogens is 254 g/mol. The van der Waals surface area contributed by atoms with Crippen molar-refractivity contribution in [1.82, 2.24) is 15.2 Å². The summed E-state index contributed by atoms with van der Waals surface area (Å²) in [5.74, 6) is 0.979. The summed E-state index contributed by atoms with van der Waals surface area (Å²) in [4.78, 5) is 17.9. The topological polar surface area (TPSA) is 71.0 Å². The first-order valence-electron chi connectivity index (χ1n) is 6.54. The Hall–Kier alpha value is -2.50. The molecule has 0 unspecified atom stereocenters. The average Bonchev–Trinajstić information content (AvgIpc) is 2.51. The van der Waals surface area contributed by atoms with Crippen molar-refractivity contribution in [2.75, 3.05) is 23.3 Å². The van der Waals surface area contributed by atoms with E-state index in [2.05, 4.69) is 39.2 Å². The molecular formula is C14H17N5O. The summed E-state index contributed by atoms with van der Waals surface area (Å²) in [6, 6.07) is 7.00. The monoisotopic (exact) mass is 271 g/mol. The average molecular weight is 271 g/mol. The molecule has 104 valence electrons. The Morgan fingerprint density at radius 1 is 1.20 bits per heavy atom.